The monoisotopic (exact) mass is 387 g/mol. The SMILES string of the molecule is O=C(Cn1cnc2onc(-c3ccc(Cl)cc3)c2c1=O)Nc1nccs1. The number of thiazole rings is 1. The third-order valence-corrected chi connectivity index (χ3v) is 4.51. The number of nitrogens with one attached hydrogen (secondary N) is 1. The van der Waals surface area contributed by atoms with Crippen LogP contribution < -0.4 is 10.9 Å². The molecule has 0 aliphatic heterocycles. The van der Waals surface area contributed by atoms with Gasteiger partial charge in [0.15, 0.2) is 5.13 Å². The first-order valence-corrected chi connectivity index (χ1v) is 8.67. The Bertz CT molecular complexity index is 1140. The number of carbonyl (C=O) groups is 1. The minimum absolute atomic E-state index is 0.108. The van der Waals surface area contributed by atoms with Crippen molar-refractivity contribution in [2.24, 2.45) is 0 Å². The molecular formula is C16H10ClN5O3S. The Labute approximate surface area is 155 Å². The molecule has 0 spiro atoms. The van der Waals surface area contributed by atoms with Crippen molar-refractivity contribution < 1.29 is 9.32 Å². The van der Waals surface area contributed by atoms with Crippen molar-refractivity contribution in [2.45, 2.75) is 6.54 Å². The molecule has 0 bridgehead atoms. The third-order valence-electron chi connectivity index (χ3n) is 3.57. The van der Waals surface area contributed by atoms with Gasteiger partial charge in [-0.15, -0.1) is 11.3 Å². The molecule has 3 heterocycles. The Morgan fingerprint density at radius 3 is 2.81 bits per heavy atom. The van der Waals surface area contributed by atoms with Crippen LogP contribution in [0.4, 0.5) is 5.13 Å². The first-order chi connectivity index (χ1) is 12.6. The van der Waals surface area contributed by atoms with E-state index in [2.05, 4.69) is 20.4 Å². The van der Waals surface area contributed by atoms with E-state index in [1.54, 1.807) is 35.8 Å². The van der Waals surface area contributed by atoms with Crippen molar-refractivity contribution >= 4 is 45.1 Å². The van der Waals surface area contributed by atoms with Crippen LogP contribution in [-0.2, 0) is 11.3 Å². The molecule has 4 aromatic rings. The Morgan fingerprint density at radius 2 is 2.08 bits per heavy atom. The second-order valence-electron chi connectivity index (χ2n) is 5.28. The smallest absolute Gasteiger partial charge is 0.267 e. The van der Waals surface area contributed by atoms with E-state index in [1.807, 2.05) is 0 Å². The molecule has 1 aromatic carbocycles. The van der Waals surface area contributed by atoms with Crippen LogP contribution in [-0.4, -0.2) is 25.6 Å². The predicted molar refractivity (Wildman–Crippen MR) is 97.3 cm³/mol. The molecule has 0 saturated carbocycles. The quantitative estimate of drug-likeness (QED) is 0.577. The van der Waals surface area contributed by atoms with Crippen molar-refractivity contribution in [2.75, 3.05) is 5.32 Å². The van der Waals surface area contributed by atoms with Gasteiger partial charge >= 0.3 is 0 Å². The van der Waals surface area contributed by atoms with E-state index >= 15 is 0 Å². The van der Waals surface area contributed by atoms with Crippen LogP contribution in [0.15, 0.2) is 51.5 Å². The summed E-state index contributed by atoms with van der Waals surface area (Å²) < 4.78 is 6.34. The number of rotatable bonds is 4. The molecular weight excluding hydrogens is 378 g/mol. The van der Waals surface area contributed by atoms with Gasteiger partial charge in [0, 0.05) is 22.2 Å². The fraction of sp³-hybridized carbons (Fsp3) is 0.0625. The maximum absolute atomic E-state index is 12.8. The summed E-state index contributed by atoms with van der Waals surface area (Å²) in [4.78, 5) is 32.9. The number of aromatic nitrogens is 4. The fourth-order valence-corrected chi connectivity index (χ4v) is 3.07. The molecule has 0 radical (unpaired) electrons. The highest BCUT2D eigenvalue weighted by atomic mass is 35.5. The van der Waals surface area contributed by atoms with Gasteiger partial charge in [-0.05, 0) is 12.1 Å². The number of fused-ring (bicyclic) bond motifs is 1. The van der Waals surface area contributed by atoms with Crippen molar-refractivity contribution in [1.82, 2.24) is 19.7 Å². The maximum atomic E-state index is 12.8. The summed E-state index contributed by atoms with van der Waals surface area (Å²) in [6, 6.07) is 6.83. The summed E-state index contributed by atoms with van der Waals surface area (Å²) in [7, 11) is 0. The first kappa shape index (κ1) is 16.4. The summed E-state index contributed by atoms with van der Waals surface area (Å²) >= 11 is 7.18. The van der Waals surface area contributed by atoms with Gasteiger partial charge in [-0.25, -0.2) is 9.97 Å². The molecule has 8 nitrogen and oxygen atoms in total. The number of nitrogens with zero attached hydrogens (tertiary/aromatic N) is 4. The lowest BCUT2D eigenvalue weighted by Crippen LogP contribution is -2.27. The Kier molecular flexibility index (Phi) is 4.23. The van der Waals surface area contributed by atoms with Gasteiger partial charge in [0.1, 0.15) is 24.0 Å². The number of carbonyl (C=O) groups excluding carboxylic acids is 1. The molecule has 1 amide bonds. The van der Waals surface area contributed by atoms with Crippen molar-refractivity contribution in [3.05, 3.63) is 57.5 Å². The van der Waals surface area contributed by atoms with Crippen molar-refractivity contribution in [1.29, 1.82) is 0 Å². The number of hydrogen-bond acceptors (Lipinski definition) is 7. The third kappa shape index (κ3) is 3.09. The molecule has 0 unspecified atom stereocenters. The molecule has 0 fully saturated rings. The van der Waals surface area contributed by atoms with E-state index in [0.29, 0.717) is 21.4 Å². The highest BCUT2D eigenvalue weighted by molar-refractivity contribution is 7.13. The molecule has 0 aliphatic carbocycles. The topological polar surface area (TPSA) is 103 Å². The lowest BCUT2D eigenvalue weighted by Gasteiger charge is -2.05. The highest BCUT2D eigenvalue weighted by Gasteiger charge is 2.18. The lowest BCUT2D eigenvalue weighted by atomic mass is 10.1. The van der Waals surface area contributed by atoms with Gasteiger partial charge in [0.05, 0.1) is 0 Å². The molecule has 130 valence electrons. The van der Waals surface area contributed by atoms with Crippen LogP contribution in [0.1, 0.15) is 0 Å². The Morgan fingerprint density at radius 1 is 1.27 bits per heavy atom. The molecule has 10 heteroatoms. The number of anilines is 1. The zero-order chi connectivity index (χ0) is 18.1. The summed E-state index contributed by atoms with van der Waals surface area (Å²) in [6.07, 6.45) is 2.83. The van der Waals surface area contributed by atoms with E-state index in [1.165, 1.54) is 22.2 Å². The lowest BCUT2D eigenvalue weighted by molar-refractivity contribution is -0.116. The minimum atomic E-state index is -0.421. The van der Waals surface area contributed by atoms with E-state index in [9.17, 15) is 9.59 Å². The maximum Gasteiger partial charge on any atom is 0.267 e. The van der Waals surface area contributed by atoms with E-state index in [4.69, 9.17) is 16.1 Å². The van der Waals surface area contributed by atoms with Gasteiger partial charge in [0.2, 0.25) is 5.91 Å². The summed E-state index contributed by atoms with van der Waals surface area (Å²) in [5.74, 6) is -0.382. The second kappa shape index (κ2) is 6.70. The van der Waals surface area contributed by atoms with Gasteiger partial charge in [-0.2, -0.15) is 0 Å². The average molecular weight is 388 g/mol. The second-order valence-corrected chi connectivity index (χ2v) is 6.61. The molecule has 3 aromatic heterocycles. The number of halogens is 1. The zero-order valence-corrected chi connectivity index (χ0v) is 14.6. The van der Waals surface area contributed by atoms with Crippen molar-refractivity contribution in [3.63, 3.8) is 0 Å². The number of amides is 1. The minimum Gasteiger partial charge on any atom is -0.335 e. The summed E-state index contributed by atoms with van der Waals surface area (Å²) in [6.45, 7) is -0.202. The average Bonchev–Trinajstić information content (AvgIpc) is 3.28. The van der Waals surface area contributed by atoms with Gasteiger partial charge in [-0.1, -0.05) is 28.9 Å². The molecule has 26 heavy (non-hydrogen) atoms. The fourth-order valence-electron chi connectivity index (χ4n) is 2.40. The molecule has 0 aliphatic rings. The van der Waals surface area contributed by atoms with E-state index < -0.39 is 5.56 Å². The van der Waals surface area contributed by atoms with Crippen molar-refractivity contribution in [3.8, 4) is 11.3 Å². The van der Waals surface area contributed by atoms with Crippen LogP contribution in [0.3, 0.4) is 0 Å². The van der Waals surface area contributed by atoms with Crippen LogP contribution in [0.5, 0.6) is 0 Å². The van der Waals surface area contributed by atoms with Crippen LogP contribution in [0.25, 0.3) is 22.4 Å². The van der Waals surface area contributed by atoms with Crippen LogP contribution >= 0.6 is 22.9 Å². The van der Waals surface area contributed by atoms with Crippen LogP contribution in [0, 0.1) is 0 Å². The van der Waals surface area contributed by atoms with Gasteiger partial charge in [-0.3, -0.25) is 14.2 Å². The van der Waals surface area contributed by atoms with Gasteiger partial charge < -0.3 is 9.84 Å². The number of hydrogen-bond donors (Lipinski definition) is 1. The zero-order valence-electron chi connectivity index (χ0n) is 13.0. The largest absolute Gasteiger partial charge is 0.335 e. The summed E-state index contributed by atoms with van der Waals surface area (Å²) in [5, 5.41) is 9.53. The highest BCUT2D eigenvalue weighted by Crippen LogP contribution is 2.25. The Hall–Kier alpha value is -3.04. The molecule has 4 rings (SSSR count). The van der Waals surface area contributed by atoms with E-state index in [-0.39, 0.29) is 23.6 Å². The predicted octanol–water partition coefficient (Wildman–Crippen LogP) is 2.80. The summed E-state index contributed by atoms with van der Waals surface area (Å²) in [5.41, 5.74) is 0.702. The standard InChI is InChI=1S/C16H10ClN5O3S/c17-10-3-1-9(2-4-10)13-12-14(25-21-13)19-8-22(15(12)24)7-11(23)20-16-18-5-6-26-16/h1-6,8H,7H2,(H,18,20,23). The van der Waals surface area contributed by atoms with Crippen LogP contribution in [0.2, 0.25) is 5.02 Å². The van der Waals surface area contributed by atoms with Gasteiger partial charge in [0.25, 0.3) is 11.3 Å². The molecule has 0 saturated heterocycles. The normalized spacial score (nSPS) is 11.0. The molecule has 1 N–H and O–H groups in total. The number of benzene rings is 1. The van der Waals surface area contributed by atoms with E-state index in [0.717, 1.165) is 0 Å². The molecule has 0 atom stereocenters. The Balaban J connectivity index is 1.70. The first-order valence-electron chi connectivity index (χ1n) is 7.42.